The second-order valence-corrected chi connectivity index (χ2v) is 9.87. The zero-order valence-electron chi connectivity index (χ0n) is 19.2. The van der Waals surface area contributed by atoms with Crippen molar-refractivity contribution in [2.75, 3.05) is 0 Å². The summed E-state index contributed by atoms with van der Waals surface area (Å²) in [6.45, 7) is 6.19. The number of carbonyl (C=O) groups is 1. The normalized spacial score (nSPS) is 24.4. The summed E-state index contributed by atoms with van der Waals surface area (Å²) >= 11 is 0. The standard InChI is InChI=1S/C24H29N7O2/c1-24(2,3)33-23(32)27-18-8-7-17(12-18)20-13-26-21-22(28-20)31(30-29-21)14-15-6-9-19-16(11-15)5-4-10-25-19/h4-6,10-11,13,17-19H,7-9,12,14H2,1-3H3,(H,27,32)/t17?,18-,19?/m1/s1. The first-order chi connectivity index (χ1) is 15.8. The average molecular weight is 448 g/mol. The number of carbonyl (C=O) groups excluding carboxylic acids is 1. The summed E-state index contributed by atoms with van der Waals surface area (Å²) in [5.41, 5.74) is 4.04. The molecule has 1 amide bonds. The Labute approximate surface area is 192 Å². The minimum atomic E-state index is -0.505. The van der Waals surface area contributed by atoms with Crippen LogP contribution in [0.5, 0.6) is 0 Å². The molecule has 3 atom stereocenters. The molecule has 3 aliphatic rings. The third-order valence-corrected chi connectivity index (χ3v) is 6.13. The highest BCUT2D eigenvalue weighted by Gasteiger charge is 2.30. The van der Waals surface area contributed by atoms with E-state index in [1.807, 2.05) is 37.7 Å². The molecule has 0 spiro atoms. The van der Waals surface area contributed by atoms with E-state index < -0.39 is 5.60 Å². The number of nitrogens with one attached hydrogen (secondary N) is 1. The third-order valence-electron chi connectivity index (χ3n) is 6.13. The molecule has 33 heavy (non-hydrogen) atoms. The lowest BCUT2D eigenvalue weighted by atomic mass is 9.93. The molecule has 2 unspecified atom stereocenters. The number of amides is 1. The van der Waals surface area contributed by atoms with Crippen molar-refractivity contribution in [2.45, 2.75) is 76.6 Å². The number of alkyl carbamates (subject to hydrolysis) is 1. The highest BCUT2D eigenvalue weighted by atomic mass is 16.6. The number of ether oxygens (including phenoxy) is 1. The van der Waals surface area contributed by atoms with E-state index in [1.54, 1.807) is 6.20 Å². The van der Waals surface area contributed by atoms with Crippen molar-refractivity contribution < 1.29 is 9.53 Å². The first kappa shape index (κ1) is 21.5. The molecule has 1 aliphatic heterocycles. The first-order valence-electron chi connectivity index (χ1n) is 11.5. The van der Waals surface area contributed by atoms with Crippen LogP contribution < -0.4 is 5.32 Å². The van der Waals surface area contributed by atoms with Gasteiger partial charge in [0.2, 0.25) is 5.65 Å². The Hall–Kier alpha value is -3.36. The predicted molar refractivity (Wildman–Crippen MR) is 125 cm³/mol. The molecule has 9 heteroatoms. The fraction of sp³-hybridized carbons (Fsp3) is 0.500. The summed E-state index contributed by atoms with van der Waals surface area (Å²) in [5.74, 6) is 0.229. The van der Waals surface area contributed by atoms with Crippen LogP contribution in [0.1, 0.15) is 58.1 Å². The van der Waals surface area contributed by atoms with Crippen LogP contribution in [-0.4, -0.2) is 55.0 Å². The Morgan fingerprint density at radius 2 is 2.18 bits per heavy atom. The molecule has 1 fully saturated rings. The SMILES string of the molecule is CC(C)(C)OC(=O)N[C@@H]1CCC(c2cnc3nnn(CC4=CCC5N=CC=CC5=C4)c3n2)C1. The van der Waals surface area contributed by atoms with Crippen LogP contribution in [0.4, 0.5) is 4.79 Å². The van der Waals surface area contributed by atoms with Gasteiger partial charge in [0.15, 0.2) is 5.65 Å². The Balaban J connectivity index is 1.28. The molecule has 2 aliphatic carbocycles. The molecule has 2 aromatic rings. The van der Waals surface area contributed by atoms with E-state index in [2.05, 4.69) is 43.8 Å². The van der Waals surface area contributed by atoms with Crippen LogP contribution in [0.2, 0.25) is 0 Å². The molecule has 0 aromatic carbocycles. The van der Waals surface area contributed by atoms with Gasteiger partial charge < -0.3 is 10.1 Å². The van der Waals surface area contributed by atoms with Crippen LogP contribution >= 0.6 is 0 Å². The van der Waals surface area contributed by atoms with Gasteiger partial charge in [-0.2, -0.15) is 0 Å². The number of dihydropyridines is 1. The Kier molecular flexibility index (Phi) is 5.55. The summed E-state index contributed by atoms with van der Waals surface area (Å²) in [7, 11) is 0. The largest absolute Gasteiger partial charge is 0.444 e. The van der Waals surface area contributed by atoms with Gasteiger partial charge in [-0.3, -0.25) is 4.99 Å². The van der Waals surface area contributed by atoms with Crippen LogP contribution in [0, 0.1) is 0 Å². The number of fused-ring (bicyclic) bond motifs is 2. The number of rotatable bonds is 4. The number of aromatic nitrogens is 5. The van der Waals surface area contributed by atoms with E-state index in [4.69, 9.17) is 9.72 Å². The maximum atomic E-state index is 12.1. The number of aliphatic imine (C=N–C) groups is 1. The van der Waals surface area contributed by atoms with Gasteiger partial charge in [0.05, 0.1) is 24.5 Å². The van der Waals surface area contributed by atoms with Gasteiger partial charge in [-0.05, 0) is 63.7 Å². The molecule has 0 saturated heterocycles. The maximum absolute atomic E-state index is 12.1. The fourth-order valence-corrected chi connectivity index (χ4v) is 4.59. The van der Waals surface area contributed by atoms with Gasteiger partial charge in [-0.1, -0.05) is 23.4 Å². The van der Waals surface area contributed by atoms with Crippen LogP contribution in [0.3, 0.4) is 0 Å². The smallest absolute Gasteiger partial charge is 0.407 e. The monoisotopic (exact) mass is 447 g/mol. The number of hydrogen-bond acceptors (Lipinski definition) is 7. The Morgan fingerprint density at radius 3 is 3.03 bits per heavy atom. The van der Waals surface area contributed by atoms with Crippen molar-refractivity contribution in [3.63, 3.8) is 0 Å². The second-order valence-electron chi connectivity index (χ2n) is 9.87. The summed E-state index contributed by atoms with van der Waals surface area (Å²) in [6.07, 6.45) is 15.3. The van der Waals surface area contributed by atoms with Gasteiger partial charge in [-0.15, -0.1) is 5.10 Å². The predicted octanol–water partition coefficient (Wildman–Crippen LogP) is 3.65. The van der Waals surface area contributed by atoms with E-state index >= 15 is 0 Å². The highest BCUT2D eigenvalue weighted by Crippen LogP contribution is 2.34. The molecule has 1 saturated carbocycles. The molecule has 0 bridgehead atoms. The molecule has 5 rings (SSSR count). The second kappa shape index (κ2) is 8.53. The summed E-state index contributed by atoms with van der Waals surface area (Å²) in [6, 6.07) is 0.297. The summed E-state index contributed by atoms with van der Waals surface area (Å²) in [5, 5.41) is 11.5. The molecule has 2 aromatic heterocycles. The van der Waals surface area contributed by atoms with E-state index in [0.717, 1.165) is 31.4 Å². The average Bonchev–Trinajstić information content (AvgIpc) is 3.39. The number of nitrogens with zero attached hydrogens (tertiary/aromatic N) is 6. The zero-order valence-corrected chi connectivity index (χ0v) is 19.2. The zero-order chi connectivity index (χ0) is 23.0. The van der Waals surface area contributed by atoms with Crippen LogP contribution in [0.25, 0.3) is 11.3 Å². The molecular formula is C24H29N7O2. The van der Waals surface area contributed by atoms with E-state index in [-0.39, 0.29) is 24.1 Å². The summed E-state index contributed by atoms with van der Waals surface area (Å²) in [4.78, 5) is 26.0. The molecule has 0 radical (unpaired) electrons. The Bertz CT molecular complexity index is 1190. The van der Waals surface area contributed by atoms with Crippen molar-refractivity contribution >= 4 is 23.6 Å². The van der Waals surface area contributed by atoms with E-state index in [0.29, 0.717) is 17.8 Å². The quantitative estimate of drug-likeness (QED) is 0.767. The first-order valence-corrected chi connectivity index (χ1v) is 11.5. The van der Waals surface area contributed by atoms with Crippen molar-refractivity contribution in [1.29, 1.82) is 0 Å². The Morgan fingerprint density at radius 1 is 1.30 bits per heavy atom. The van der Waals surface area contributed by atoms with Crippen molar-refractivity contribution in [3.05, 3.63) is 47.3 Å². The lowest BCUT2D eigenvalue weighted by Gasteiger charge is -2.21. The van der Waals surface area contributed by atoms with Gasteiger partial charge in [0, 0.05) is 18.2 Å². The summed E-state index contributed by atoms with van der Waals surface area (Å²) < 4.78 is 7.20. The minimum absolute atomic E-state index is 0.0727. The van der Waals surface area contributed by atoms with E-state index in [1.165, 1.54) is 11.1 Å². The fourth-order valence-electron chi connectivity index (χ4n) is 4.59. The van der Waals surface area contributed by atoms with E-state index in [9.17, 15) is 4.79 Å². The van der Waals surface area contributed by atoms with Gasteiger partial charge in [0.1, 0.15) is 5.60 Å². The van der Waals surface area contributed by atoms with Crippen molar-refractivity contribution in [2.24, 2.45) is 4.99 Å². The molecule has 3 heterocycles. The van der Waals surface area contributed by atoms with Crippen molar-refractivity contribution in [3.8, 4) is 0 Å². The third kappa shape index (κ3) is 4.86. The lowest BCUT2D eigenvalue weighted by Crippen LogP contribution is -2.37. The molecular weight excluding hydrogens is 418 g/mol. The number of allylic oxidation sites excluding steroid dienone is 3. The van der Waals surface area contributed by atoms with Gasteiger partial charge in [0.25, 0.3) is 0 Å². The lowest BCUT2D eigenvalue weighted by molar-refractivity contribution is 0.0505. The molecule has 172 valence electrons. The van der Waals surface area contributed by atoms with Crippen LogP contribution in [-0.2, 0) is 11.3 Å². The topological polar surface area (TPSA) is 107 Å². The molecule has 9 nitrogen and oxygen atoms in total. The maximum Gasteiger partial charge on any atom is 0.407 e. The van der Waals surface area contributed by atoms with Gasteiger partial charge in [-0.25, -0.2) is 19.4 Å². The number of hydrogen-bond donors (Lipinski definition) is 1. The molecule has 1 N–H and O–H groups in total. The van der Waals surface area contributed by atoms with Crippen molar-refractivity contribution in [1.82, 2.24) is 30.3 Å². The van der Waals surface area contributed by atoms with Crippen LogP contribution in [0.15, 0.2) is 46.6 Å². The highest BCUT2D eigenvalue weighted by molar-refractivity contribution is 5.75. The minimum Gasteiger partial charge on any atom is -0.444 e. The van der Waals surface area contributed by atoms with Gasteiger partial charge >= 0.3 is 6.09 Å².